The van der Waals surface area contributed by atoms with Gasteiger partial charge in [-0.3, -0.25) is 4.79 Å². The summed E-state index contributed by atoms with van der Waals surface area (Å²) in [5, 5.41) is 14.9. The number of carbonyl (C=O) groups is 1. The van der Waals surface area contributed by atoms with Crippen LogP contribution in [0.3, 0.4) is 0 Å². The third-order valence-corrected chi connectivity index (χ3v) is 10.8. The summed E-state index contributed by atoms with van der Waals surface area (Å²) in [6.45, 7) is 4.51. The molecule has 6 atom stereocenters. The van der Waals surface area contributed by atoms with Crippen LogP contribution in [0.5, 0.6) is 0 Å². The number of esters is 1. The van der Waals surface area contributed by atoms with Crippen molar-refractivity contribution in [3.8, 4) is 0 Å². The second kappa shape index (κ2) is 24.4. The summed E-state index contributed by atoms with van der Waals surface area (Å²) >= 11 is 0. The highest BCUT2D eigenvalue weighted by Gasteiger charge is 2.48. The number of nitrogens with one attached hydrogen (secondary N) is 1. The van der Waals surface area contributed by atoms with Crippen molar-refractivity contribution in [1.29, 1.82) is 0 Å². The average molecular weight is 758 g/mol. The summed E-state index contributed by atoms with van der Waals surface area (Å²) in [5.74, 6) is -0.296. The molecule has 2 N–H and O–H groups in total. The lowest BCUT2D eigenvalue weighted by Gasteiger charge is -2.47. The minimum atomic E-state index is -1.11. The van der Waals surface area contributed by atoms with Crippen LogP contribution in [-0.2, 0) is 34.9 Å². The van der Waals surface area contributed by atoms with E-state index in [1.54, 1.807) is 0 Å². The van der Waals surface area contributed by atoms with Gasteiger partial charge in [0, 0.05) is 28.9 Å². The summed E-state index contributed by atoms with van der Waals surface area (Å²) in [6.07, 6.45) is 17.1. The molecule has 5 rings (SSSR count). The van der Waals surface area contributed by atoms with Gasteiger partial charge in [0.1, 0.15) is 31.0 Å². The smallest absolute Gasteiger partial charge is 0.305 e. The number of unbranched alkanes of at least 4 members (excludes halogenated alkanes) is 14. The minimum absolute atomic E-state index is 0.178. The molecule has 0 aliphatic carbocycles. The summed E-state index contributed by atoms with van der Waals surface area (Å²) < 4.78 is 31.1. The Hall–Kier alpha value is -3.27. The molecule has 0 aromatic heterocycles. The van der Waals surface area contributed by atoms with Crippen LogP contribution in [0.2, 0.25) is 0 Å². The lowest BCUT2D eigenvalue weighted by Crippen LogP contribution is -2.58. The van der Waals surface area contributed by atoms with Gasteiger partial charge in [0.15, 0.2) is 12.6 Å². The van der Waals surface area contributed by atoms with Crippen LogP contribution in [0.15, 0.2) is 78.9 Å². The molecule has 2 fully saturated rings. The first kappa shape index (κ1) is 42.9. The fraction of sp³-hybridized carbons (Fsp3) is 0.596. The molecule has 2 aliphatic heterocycles. The molecule has 2 saturated heterocycles. The molecule has 0 amide bonds. The van der Waals surface area contributed by atoms with Crippen molar-refractivity contribution in [3.05, 3.63) is 95.6 Å². The van der Waals surface area contributed by atoms with E-state index in [9.17, 15) is 9.90 Å². The quantitative estimate of drug-likeness (QED) is 0.0651. The molecule has 302 valence electrons. The standard InChI is InChI=1S/C47H67NO7/c1-3-5-6-7-8-9-10-11-12-13-14-15-16-17-21-25-43(50)51-34-41(49)44-45-42(53-47(54-44)38-28-26-36(22-4-2)27-29-38)35-52-46(55-45)37-30-32-40(33-31-37)48-39-23-19-18-20-24-39/h18-20,23-24,26-33,41-42,44-49H,3-17,21-22,25,34-35H2,1-2H3. The maximum atomic E-state index is 12.7. The van der Waals surface area contributed by atoms with E-state index >= 15 is 0 Å². The number of anilines is 2. The van der Waals surface area contributed by atoms with Gasteiger partial charge in [-0.2, -0.15) is 0 Å². The highest BCUT2D eigenvalue weighted by Crippen LogP contribution is 2.39. The Kier molecular flexibility index (Phi) is 19.0. The van der Waals surface area contributed by atoms with Gasteiger partial charge in [0.05, 0.1) is 6.61 Å². The van der Waals surface area contributed by atoms with Crippen LogP contribution >= 0.6 is 0 Å². The molecule has 8 heteroatoms. The molecule has 6 unspecified atom stereocenters. The Morgan fingerprint density at radius 1 is 0.673 bits per heavy atom. The fourth-order valence-corrected chi connectivity index (χ4v) is 7.53. The SMILES string of the molecule is CCCCCCCCCCCCCCCCCC(=O)OCC(O)C1OC(c2ccc(CCC)cc2)OC2COC(c3ccc(Nc4ccccc4)cc3)OC21. The molecule has 3 aromatic carbocycles. The molecular weight excluding hydrogens is 691 g/mol. The number of carbonyl (C=O) groups excluding carboxylic acids is 1. The third kappa shape index (κ3) is 14.6. The van der Waals surface area contributed by atoms with Crippen LogP contribution < -0.4 is 5.32 Å². The lowest BCUT2D eigenvalue weighted by molar-refractivity contribution is -0.373. The number of rotatable bonds is 25. The van der Waals surface area contributed by atoms with E-state index in [4.69, 9.17) is 23.7 Å². The summed E-state index contributed by atoms with van der Waals surface area (Å²) in [4.78, 5) is 12.7. The zero-order valence-electron chi connectivity index (χ0n) is 33.5. The molecule has 55 heavy (non-hydrogen) atoms. The van der Waals surface area contributed by atoms with Crippen molar-refractivity contribution in [2.75, 3.05) is 18.5 Å². The molecule has 2 heterocycles. The van der Waals surface area contributed by atoms with Crippen LogP contribution in [0.4, 0.5) is 11.4 Å². The highest BCUT2D eigenvalue weighted by molar-refractivity contribution is 5.69. The number of aryl methyl sites for hydroxylation is 1. The maximum Gasteiger partial charge on any atom is 0.305 e. The maximum absolute atomic E-state index is 12.7. The number of benzene rings is 3. The van der Waals surface area contributed by atoms with Crippen LogP contribution in [-0.4, -0.2) is 48.7 Å². The first-order chi connectivity index (χ1) is 27.0. The Bertz CT molecular complexity index is 1470. The van der Waals surface area contributed by atoms with Crippen molar-refractivity contribution < 1.29 is 33.6 Å². The second-order valence-electron chi connectivity index (χ2n) is 15.4. The van der Waals surface area contributed by atoms with E-state index in [1.165, 1.54) is 82.6 Å². The van der Waals surface area contributed by atoms with Gasteiger partial charge >= 0.3 is 5.97 Å². The van der Waals surface area contributed by atoms with E-state index in [1.807, 2.05) is 66.7 Å². The van der Waals surface area contributed by atoms with Gasteiger partial charge in [-0.05, 0) is 42.7 Å². The van der Waals surface area contributed by atoms with Crippen molar-refractivity contribution in [3.63, 3.8) is 0 Å². The summed E-state index contributed by atoms with van der Waals surface area (Å²) in [5.41, 5.74) is 4.88. The highest BCUT2D eigenvalue weighted by atomic mass is 16.8. The van der Waals surface area contributed by atoms with Crippen LogP contribution in [0, 0.1) is 0 Å². The van der Waals surface area contributed by atoms with Crippen molar-refractivity contribution in [1.82, 2.24) is 0 Å². The Labute approximate surface area is 330 Å². The number of para-hydroxylation sites is 1. The van der Waals surface area contributed by atoms with Crippen LogP contribution in [0.1, 0.15) is 152 Å². The fourth-order valence-electron chi connectivity index (χ4n) is 7.53. The Morgan fingerprint density at radius 2 is 1.24 bits per heavy atom. The zero-order valence-corrected chi connectivity index (χ0v) is 33.5. The Morgan fingerprint density at radius 3 is 1.85 bits per heavy atom. The number of aliphatic hydroxyl groups is 1. The number of aliphatic hydroxyl groups excluding tert-OH is 1. The average Bonchev–Trinajstić information content (AvgIpc) is 3.22. The predicted molar refractivity (Wildman–Crippen MR) is 219 cm³/mol. The topological polar surface area (TPSA) is 95.5 Å². The summed E-state index contributed by atoms with van der Waals surface area (Å²) in [7, 11) is 0. The third-order valence-electron chi connectivity index (χ3n) is 10.8. The molecule has 8 nitrogen and oxygen atoms in total. The van der Waals surface area contributed by atoms with E-state index in [0.29, 0.717) is 6.42 Å². The van der Waals surface area contributed by atoms with Gasteiger partial charge in [-0.1, -0.05) is 165 Å². The van der Waals surface area contributed by atoms with Gasteiger partial charge in [0.2, 0.25) is 0 Å². The molecule has 0 saturated carbocycles. The second-order valence-corrected chi connectivity index (χ2v) is 15.4. The molecule has 0 bridgehead atoms. The monoisotopic (exact) mass is 757 g/mol. The van der Waals surface area contributed by atoms with Gasteiger partial charge in [-0.25, -0.2) is 0 Å². The number of ether oxygens (including phenoxy) is 5. The first-order valence-electron chi connectivity index (χ1n) is 21.5. The Balaban J connectivity index is 1.07. The van der Waals surface area contributed by atoms with Crippen molar-refractivity contribution in [2.45, 2.75) is 166 Å². The van der Waals surface area contributed by atoms with Gasteiger partial charge in [-0.15, -0.1) is 0 Å². The molecular formula is C47H67NO7. The van der Waals surface area contributed by atoms with E-state index in [0.717, 1.165) is 54.6 Å². The molecule has 2 aliphatic rings. The molecule has 3 aromatic rings. The number of fused-ring (bicyclic) bond motifs is 1. The van der Waals surface area contributed by atoms with E-state index < -0.39 is 37.0 Å². The number of hydrogen-bond acceptors (Lipinski definition) is 8. The van der Waals surface area contributed by atoms with E-state index in [2.05, 4.69) is 31.3 Å². The molecule has 0 radical (unpaired) electrons. The predicted octanol–water partition coefficient (Wildman–Crippen LogP) is 11.4. The van der Waals surface area contributed by atoms with Crippen LogP contribution in [0.25, 0.3) is 0 Å². The lowest BCUT2D eigenvalue weighted by atomic mass is 9.99. The zero-order chi connectivity index (χ0) is 38.5. The van der Waals surface area contributed by atoms with E-state index in [-0.39, 0.29) is 19.2 Å². The molecule has 0 spiro atoms. The van der Waals surface area contributed by atoms with Crippen molar-refractivity contribution >= 4 is 17.3 Å². The number of hydrogen-bond donors (Lipinski definition) is 2. The summed E-state index contributed by atoms with van der Waals surface area (Å²) in [6, 6.07) is 26.1. The minimum Gasteiger partial charge on any atom is -0.463 e. The first-order valence-corrected chi connectivity index (χ1v) is 21.5. The normalized spacial score (nSPS) is 21.5. The van der Waals surface area contributed by atoms with Crippen molar-refractivity contribution in [2.24, 2.45) is 0 Å². The van der Waals surface area contributed by atoms with Gasteiger partial charge in [0.25, 0.3) is 0 Å². The van der Waals surface area contributed by atoms with Gasteiger partial charge < -0.3 is 34.1 Å². The largest absolute Gasteiger partial charge is 0.463 e.